The number of amides is 1. The van der Waals surface area contributed by atoms with E-state index in [1.807, 2.05) is 54.6 Å². The molecule has 1 aliphatic rings. The number of fused-ring (bicyclic) bond motifs is 1. The second-order valence-corrected chi connectivity index (χ2v) is 8.55. The van der Waals surface area contributed by atoms with Crippen LogP contribution in [0.25, 0.3) is 0 Å². The molecule has 5 nitrogen and oxygen atoms in total. The molecule has 0 spiro atoms. The molecule has 1 N–H and O–H groups in total. The molecule has 0 radical (unpaired) electrons. The lowest BCUT2D eigenvalue weighted by Crippen LogP contribution is -2.56. The number of nitriles is 1. The summed E-state index contributed by atoms with van der Waals surface area (Å²) in [5.41, 5.74) is 3.31. The van der Waals surface area contributed by atoms with Crippen molar-refractivity contribution >= 4 is 11.6 Å². The van der Waals surface area contributed by atoms with Crippen LogP contribution in [-0.4, -0.2) is 25.6 Å². The monoisotopic (exact) mass is 459 g/mol. The highest BCUT2D eigenvalue weighted by atomic mass is 16.5. The third-order valence-electron chi connectivity index (χ3n) is 6.49. The van der Waals surface area contributed by atoms with Crippen molar-refractivity contribution in [1.29, 1.82) is 5.26 Å². The largest absolute Gasteiger partial charge is 0.489 e. The summed E-state index contributed by atoms with van der Waals surface area (Å²) < 4.78 is 6.12. The normalized spacial score (nSPS) is 15.5. The predicted octanol–water partition coefficient (Wildman–Crippen LogP) is 4.86. The summed E-state index contributed by atoms with van der Waals surface area (Å²) in [5.74, 6) is 0.444. The Hall–Kier alpha value is -4.40. The minimum Gasteiger partial charge on any atom is -0.489 e. The molecule has 35 heavy (non-hydrogen) atoms. The molecule has 0 bridgehead atoms. The second kappa shape index (κ2) is 9.46. The first kappa shape index (κ1) is 22.4. The van der Waals surface area contributed by atoms with E-state index in [2.05, 4.69) is 47.8 Å². The van der Waals surface area contributed by atoms with Crippen LogP contribution in [0.1, 0.15) is 22.3 Å². The van der Waals surface area contributed by atoms with Crippen LogP contribution in [-0.2, 0) is 10.3 Å². The Morgan fingerprint density at radius 2 is 1.37 bits per heavy atom. The molecule has 0 aliphatic carbocycles. The van der Waals surface area contributed by atoms with Crippen molar-refractivity contribution in [3.63, 3.8) is 0 Å². The van der Waals surface area contributed by atoms with Gasteiger partial charge in [0, 0.05) is 7.05 Å². The van der Waals surface area contributed by atoms with Crippen LogP contribution in [0.2, 0.25) is 0 Å². The molecule has 1 heterocycles. The van der Waals surface area contributed by atoms with E-state index in [1.165, 1.54) is 0 Å². The van der Waals surface area contributed by atoms with Gasteiger partial charge in [-0.05, 0) is 34.9 Å². The average molecular weight is 460 g/mol. The van der Waals surface area contributed by atoms with Gasteiger partial charge in [-0.3, -0.25) is 10.1 Å². The number of nitrogens with one attached hydrogen (secondary N) is 1. The predicted molar refractivity (Wildman–Crippen MR) is 136 cm³/mol. The Bertz CT molecular complexity index is 1270. The molecule has 0 saturated carbocycles. The van der Waals surface area contributed by atoms with E-state index in [4.69, 9.17) is 4.74 Å². The number of ether oxygens (including phenoxy) is 1. The first-order valence-corrected chi connectivity index (χ1v) is 11.5. The van der Waals surface area contributed by atoms with Crippen LogP contribution in [0.15, 0.2) is 109 Å². The zero-order valence-corrected chi connectivity index (χ0v) is 19.4. The standard InChI is InChI=1S/C30H25N3O2/c1-33-27-19-22(20-31)17-18-28(27)35-21-26(29(33)34)32-30(23-11-5-2-6-12-23,24-13-7-3-8-14-24)25-15-9-4-10-16-25/h2-19,26,32H,21H2,1H3/t26-/m0/s1. The molecule has 0 saturated heterocycles. The Balaban J connectivity index is 1.65. The fourth-order valence-corrected chi connectivity index (χ4v) is 4.75. The van der Waals surface area contributed by atoms with E-state index in [1.54, 1.807) is 30.1 Å². The van der Waals surface area contributed by atoms with Gasteiger partial charge in [-0.1, -0.05) is 91.0 Å². The average Bonchev–Trinajstić information content (AvgIpc) is 3.04. The molecule has 0 fully saturated rings. The number of likely N-dealkylation sites (N-methyl/N-ethyl adjacent to an activating group) is 1. The quantitative estimate of drug-likeness (QED) is 0.433. The van der Waals surface area contributed by atoms with Gasteiger partial charge < -0.3 is 9.64 Å². The Labute approximate surface area is 205 Å². The number of nitrogens with zero attached hydrogens (tertiary/aromatic N) is 2. The summed E-state index contributed by atoms with van der Waals surface area (Å²) >= 11 is 0. The lowest BCUT2D eigenvalue weighted by Gasteiger charge is -2.39. The van der Waals surface area contributed by atoms with Gasteiger partial charge in [0.1, 0.15) is 18.4 Å². The molecule has 1 aliphatic heterocycles. The smallest absolute Gasteiger partial charge is 0.247 e. The van der Waals surface area contributed by atoms with Crippen molar-refractivity contribution in [2.24, 2.45) is 0 Å². The summed E-state index contributed by atoms with van der Waals surface area (Å²) in [6, 6.07) is 37.1. The van der Waals surface area contributed by atoms with E-state index in [-0.39, 0.29) is 12.5 Å². The summed E-state index contributed by atoms with van der Waals surface area (Å²) in [6.45, 7) is 0.149. The highest BCUT2D eigenvalue weighted by Crippen LogP contribution is 2.38. The minimum absolute atomic E-state index is 0.133. The Morgan fingerprint density at radius 3 is 1.86 bits per heavy atom. The van der Waals surface area contributed by atoms with Gasteiger partial charge in [-0.15, -0.1) is 0 Å². The van der Waals surface area contributed by atoms with Crippen molar-refractivity contribution in [3.05, 3.63) is 131 Å². The zero-order valence-electron chi connectivity index (χ0n) is 19.4. The van der Waals surface area contributed by atoms with Crippen molar-refractivity contribution in [1.82, 2.24) is 5.32 Å². The first-order valence-electron chi connectivity index (χ1n) is 11.5. The molecule has 5 heteroatoms. The molecule has 172 valence electrons. The highest BCUT2D eigenvalue weighted by Gasteiger charge is 2.41. The number of carbonyl (C=O) groups excluding carboxylic acids is 1. The molecule has 5 rings (SSSR count). The molecule has 0 unspecified atom stereocenters. The lowest BCUT2D eigenvalue weighted by atomic mass is 9.76. The van der Waals surface area contributed by atoms with Crippen molar-refractivity contribution in [2.45, 2.75) is 11.6 Å². The summed E-state index contributed by atoms with van der Waals surface area (Å²) in [7, 11) is 1.72. The third kappa shape index (κ3) is 4.05. The van der Waals surface area contributed by atoms with Crippen molar-refractivity contribution in [3.8, 4) is 11.8 Å². The lowest BCUT2D eigenvalue weighted by molar-refractivity contribution is -0.121. The molecular weight excluding hydrogens is 434 g/mol. The van der Waals surface area contributed by atoms with Crippen LogP contribution in [0.5, 0.6) is 5.75 Å². The van der Waals surface area contributed by atoms with Gasteiger partial charge in [-0.25, -0.2) is 0 Å². The molecule has 4 aromatic rings. The zero-order chi connectivity index (χ0) is 24.3. The summed E-state index contributed by atoms with van der Waals surface area (Å²) in [6.07, 6.45) is 0. The van der Waals surface area contributed by atoms with Gasteiger partial charge in [-0.2, -0.15) is 5.26 Å². The number of anilines is 1. The van der Waals surface area contributed by atoms with Crippen LogP contribution < -0.4 is 15.0 Å². The fraction of sp³-hybridized carbons (Fsp3) is 0.133. The first-order chi connectivity index (χ1) is 17.1. The maximum Gasteiger partial charge on any atom is 0.247 e. The van der Waals surface area contributed by atoms with E-state index >= 15 is 0 Å². The molecule has 1 atom stereocenters. The second-order valence-electron chi connectivity index (χ2n) is 8.55. The Kier molecular flexibility index (Phi) is 6.05. The van der Waals surface area contributed by atoms with E-state index in [0.29, 0.717) is 17.0 Å². The molecule has 1 amide bonds. The SMILES string of the molecule is CN1C(=O)[C@@H](NC(c2ccccc2)(c2ccccc2)c2ccccc2)COc2ccc(C#N)cc21. The molecular formula is C30H25N3O2. The number of rotatable bonds is 5. The minimum atomic E-state index is -0.803. The number of hydrogen-bond donors (Lipinski definition) is 1. The van der Waals surface area contributed by atoms with Crippen molar-refractivity contribution in [2.75, 3.05) is 18.6 Å². The van der Waals surface area contributed by atoms with E-state index < -0.39 is 11.6 Å². The van der Waals surface area contributed by atoms with Crippen LogP contribution in [0, 0.1) is 11.3 Å². The third-order valence-corrected chi connectivity index (χ3v) is 6.49. The number of hydrogen-bond acceptors (Lipinski definition) is 4. The topological polar surface area (TPSA) is 65.4 Å². The van der Waals surface area contributed by atoms with Crippen molar-refractivity contribution < 1.29 is 9.53 Å². The fourth-order valence-electron chi connectivity index (χ4n) is 4.75. The van der Waals surface area contributed by atoms with E-state index in [0.717, 1.165) is 16.7 Å². The number of benzene rings is 4. The van der Waals surface area contributed by atoms with Crippen LogP contribution in [0.3, 0.4) is 0 Å². The highest BCUT2D eigenvalue weighted by molar-refractivity contribution is 5.99. The van der Waals surface area contributed by atoms with Gasteiger partial charge in [0.2, 0.25) is 5.91 Å². The van der Waals surface area contributed by atoms with Gasteiger partial charge >= 0.3 is 0 Å². The maximum atomic E-state index is 13.8. The van der Waals surface area contributed by atoms with Gasteiger partial charge in [0.25, 0.3) is 0 Å². The Morgan fingerprint density at radius 1 is 0.857 bits per heavy atom. The summed E-state index contributed by atoms with van der Waals surface area (Å²) in [4.78, 5) is 15.4. The maximum absolute atomic E-state index is 13.8. The van der Waals surface area contributed by atoms with Gasteiger partial charge in [0.15, 0.2) is 0 Å². The summed E-state index contributed by atoms with van der Waals surface area (Å²) in [5, 5.41) is 13.1. The molecule has 0 aromatic heterocycles. The molecule has 4 aromatic carbocycles. The van der Waals surface area contributed by atoms with Crippen LogP contribution in [0.4, 0.5) is 5.69 Å². The number of carbonyl (C=O) groups is 1. The van der Waals surface area contributed by atoms with Crippen LogP contribution >= 0.6 is 0 Å². The van der Waals surface area contributed by atoms with E-state index in [9.17, 15) is 10.1 Å². The van der Waals surface area contributed by atoms with Gasteiger partial charge in [0.05, 0.1) is 22.9 Å².